The Morgan fingerprint density at radius 3 is 2.43 bits per heavy atom. The topological polar surface area (TPSA) is 43.8 Å². The highest BCUT2D eigenvalue weighted by Gasteiger charge is 2.60. The van der Waals surface area contributed by atoms with Gasteiger partial charge in [-0.15, -0.1) is 0 Å². The summed E-state index contributed by atoms with van der Waals surface area (Å²) in [5.74, 6) is 2.01. The molecule has 3 heteroatoms. The molecule has 4 aliphatic rings. The SMILES string of the molecule is Cn1ccnc1C(N)CC12CC3CC(C)(CC(C)(C3)C1)C2. The fourth-order valence-electron chi connectivity index (χ4n) is 7.20. The van der Waals surface area contributed by atoms with Crippen molar-refractivity contribution >= 4 is 0 Å². The van der Waals surface area contributed by atoms with Gasteiger partial charge in [0.15, 0.2) is 0 Å². The van der Waals surface area contributed by atoms with Gasteiger partial charge < -0.3 is 10.3 Å². The lowest BCUT2D eigenvalue weighted by Gasteiger charge is -2.66. The van der Waals surface area contributed by atoms with E-state index in [1.807, 2.05) is 12.4 Å². The molecule has 1 aromatic rings. The number of aromatic nitrogens is 2. The Bertz CT molecular complexity index is 543. The summed E-state index contributed by atoms with van der Waals surface area (Å²) in [5, 5.41) is 0. The summed E-state index contributed by atoms with van der Waals surface area (Å²) in [7, 11) is 2.06. The third kappa shape index (κ3) is 2.16. The van der Waals surface area contributed by atoms with E-state index in [9.17, 15) is 0 Å². The fraction of sp³-hybridized carbons (Fsp3) is 0.833. The molecule has 0 aliphatic heterocycles. The van der Waals surface area contributed by atoms with Crippen molar-refractivity contribution in [2.24, 2.45) is 34.9 Å². The summed E-state index contributed by atoms with van der Waals surface area (Å²) in [6, 6.07) is 0.0912. The molecule has 4 bridgehead atoms. The van der Waals surface area contributed by atoms with Crippen LogP contribution in [0.2, 0.25) is 0 Å². The Hall–Kier alpha value is -0.830. The standard InChI is InChI=1S/C18H29N3/c1-16-6-13-7-17(2,10-16)12-18(8-13,11-16)9-14(19)15-20-4-5-21(15)3/h4-5,13-14H,6-12,19H2,1-3H3. The molecule has 0 amide bonds. The molecule has 3 unspecified atom stereocenters. The molecule has 2 N–H and O–H groups in total. The maximum atomic E-state index is 6.56. The molecule has 4 saturated carbocycles. The van der Waals surface area contributed by atoms with Crippen LogP contribution in [-0.4, -0.2) is 9.55 Å². The Morgan fingerprint density at radius 2 is 1.90 bits per heavy atom. The minimum atomic E-state index is 0.0912. The van der Waals surface area contributed by atoms with Crippen molar-refractivity contribution in [1.82, 2.24) is 9.55 Å². The Morgan fingerprint density at radius 1 is 1.24 bits per heavy atom. The van der Waals surface area contributed by atoms with Crippen molar-refractivity contribution in [2.75, 3.05) is 0 Å². The van der Waals surface area contributed by atoms with Crippen molar-refractivity contribution in [3.63, 3.8) is 0 Å². The van der Waals surface area contributed by atoms with E-state index >= 15 is 0 Å². The van der Waals surface area contributed by atoms with Crippen molar-refractivity contribution < 1.29 is 0 Å². The minimum absolute atomic E-state index is 0.0912. The van der Waals surface area contributed by atoms with Gasteiger partial charge in [0.1, 0.15) is 5.82 Å². The van der Waals surface area contributed by atoms with Crippen molar-refractivity contribution in [3.05, 3.63) is 18.2 Å². The molecule has 3 atom stereocenters. The van der Waals surface area contributed by atoms with E-state index in [1.165, 1.54) is 38.5 Å². The average molecular weight is 287 g/mol. The van der Waals surface area contributed by atoms with Gasteiger partial charge in [-0.1, -0.05) is 13.8 Å². The van der Waals surface area contributed by atoms with Crippen LogP contribution in [-0.2, 0) is 7.05 Å². The zero-order valence-corrected chi connectivity index (χ0v) is 13.7. The highest BCUT2D eigenvalue weighted by atomic mass is 15.1. The van der Waals surface area contributed by atoms with Crippen LogP contribution < -0.4 is 5.73 Å². The molecular formula is C18H29N3. The number of imidazole rings is 1. The van der Waals surface area contributed by atoms with Crippen LogP contribution in [0.4, 0.5) is 0 Å². The van der Waals surface area contributed by atoms with Crippen molar-refractivity contribution in [2.45, 2.75) is 64.8 Å². The third-order valence-electron chi connectivity index (χ3n) is 6.58. The number of rotatable bonds is 3. The van der Waals surface area contributed by atoms with Crippen LogP contribution in [0.1, 0.15) is 70.7 Å². The van der Waals surface area contributed by atoms with Gasteiger partial charge in [0.2, 0.25) is 0 Å². The molecule has 116 valence electrons. The molecule has 4 fully saturated rings. The van der Waals surface area contributed by atoms with Gasteiger partial charge in [-0.25, -0.2) is 4.98 Å². The molecule has 0 spiro atoms. The van der Waals surface area contributed by atoms with Gasteiger partial charge in [-0.2, -0.15) is 0 Å². The van der Waals surface area contributed by atoms with Crippen LogP contribution in [0.25, 0.3) is 0 Å². The van der Waals surface area contributed by atoms with Crippen LogP contribution in [0.3, 0.4) is 0 Å². The Kier molecular flexibility index (Phi) is 2.71. The summed E-state index contributed by atoms with van der Waals surface area (Å²) in [6.45, 7) is 5.08. The molecule has 3 nitrogen and oxygen atoms in total. The molecule has 1 heterocycles. The predicted octanol–water partition coefficient (Wildman–Crippen LogP) is 3.81. The second-order valence-electron chi connectivity index (χ2n) is 9.34. The van der Waals surface area contributed by atoms with Gasteiger partial charge in [0.25, 0.3) is 0 Å². The first kappa shape index (κ1) is 13.8. The largest absolute Gasteiger partial charge is 0.337 e. The monoisotopic (exact) mass is 287 g/mol. The second kappa shape index (κ2) is 4.13. The summed E-state index contributed by atoms with van der Waals surface area (Å²) in [4.78, 5) is 4.49. The minimum Gasteiger partial charge on any atom is -0.337 e. The summed E-state index contributed by atoms with van der Waals surface area (Å²) >= 11 is 0. The van der Waals surface area contributed by atoms with E-state index in [0.717, 1.165) is 18.2 Å². The normalized spacial score (nSPS) is 46.0. The number of nitrogens with two attached hydrogens (primary N) is 1. The lowest BCUT2D eigenvalue weighted by molar-refractivity contribution is -0.149. The first-order chi connectivity index (χ1) is 9.81. The summed E-state index contributed by atoms with van der Waals surface area (Å²) in [6.07, 6.45) is 13.6. The predicted molar refractivity (Wildman–Crippen MR) is 84.6 cm³/mol. The number of aryl methyl sites for hydroxylation is 1. The third-order valence-corrected chi connectivity index (χ3v) is 6.58. The maximum absolute atomic E-state index is 6.56. The van der Waals surface area contributed by atoms with Crippen molar-refractivity contribution in [1.29, 1.82) is 0 Å². The first-order valence-corrected chi connectivity index (χ1v) is 8.53. The molecule has 4 aliphatic carbocycles. The van der Waals surface area contributed by atoms with Gasteiger partial charge in [0.05, 0.1) is 6.04 Å². The molecule has 0 saturated heterocycles. The molecule has 0 aromatic carbocycles. The highest BCUT2D eigenvalue weighted by molar-refractivity contribution is 5.12. The van der Waals surface area contributed by atoms with Gasteiger partial charge in [0, 0.05) is 19.4 Å². The van der Waals surface area contributed by atoms with Crippen LogP contribution >= 0.6 is 0 Å². The van der Waals surface area contributed by atoms with E-state index < -0.39 is 0 Å². The molecule has 0 radical (unpaired) electrons. The maximum Gasteiger partial charge on any atom is 0.125 e. The quantitative estimate of drug-likeness (QED) is 0.918. The Balaban J connectivity index is 1.61. The van der Waals surface area contributed by atoms with Crippen LogP contribution in [0.15, 0.2) is 12.4 Å². The average Bonchev–Trinajstić information content (AvgIpc) is 2.69. The number of hydrogen-bond donors (Lipinski definition) is 1. The number of hydrogen-bond acceptors (Lipinski definition) is 2. The lowest BCUT2D eigenvalue weighted by atomic mass is 9.39. The molecule has 1 aromatic heterocycles. The first-order valence-electron chi connectivity index (χ1n) is 8.53. The van der Waals surface area contributed by atoms with Crippen LogP contribution in [0, 0.1) is 22.2 Å². The van der Waals surface area contributed by atoms with Gasteiger partial charge in [-0.05, 0) is 67.1 Å². The zero-order valence-electron chi connectivity index (χ0n) is 13.7. The van der Waals surface area contributed by atoms with E-state index in [0.29, 0.717) is 16.2 Å². The van der Waals surface area contributed by atoms with E-state index in [2.05, 4.69) is 30.4 Å². The van der Waals surface area contributed by atoms with E-state index in [1.54, 1.807) is 0 Å². The van der Waals surface area contributed by atoms with E-state index in [4.69, 9.17) is 5.73 Å². The summed E-state index contributed by atoms with van der Waals surface area (Å²) in [5.41, 5.74) is 8.20. The van der Waals surface area contributed by atoms with Gasteiger partial charge in [-0.3, -0.25) is 0 Å². The molecular weight excluding hydrogens is 258 g/mol. The molecule has 21 heavy (non-hydrogen) atoms. The lowest BCUT2D eigenvalue weighted by Crippen LogP contribution is -2.55. The summed E-state index contributed by atoms with van der Waals surface area (Å²) < 4.78 is 2.09. The van der Waals surface area contributed by atoms with E-state index in [-0.39, 0.29) is 6.04 Å². The zero-order chi connectivity index (χ0) is 14.9. The van der Waals surface area contributed by atoms with Crippen molar-refractivity contribution in [3.8, 4) is 0 Å². The van der Waals surface area contributed by atoms with Gasteiger partial charge >= 0.3 is 0 Å². The fourth-order valence-corrected chi connectivity index (χ4v) is 7.20. The second-order valence-corrected chi connectivity index (χ2v) is 9.34. The highest BCUT2D eigenvalue weighted by Crippen LogP contribution is 2.70. The smallest absolute Gasteiger partial charge is 0.125 e. The van der Waals surface area contributed by atoms with Crippen LogP contribution in [0.5, 0.6) is 0 Å². The Labute approximate surface area is 128 Å². The number of nitrogens with zero attached hydrogens (tertiary/aromatic N) is 2. The molecule has 5 rings (SSSR count).